The third-order valence-corrected chi connectivity index (χ3v) is 5.25. The molecule has 1 N–H and O–H groups in total. The summed E-state index contributed by atoms with van der Waals surface area (Å²) in [6.45, 7) is 6.33. The molecule has 1 rings (SSSR count). The van der Waals surface area contributed by atoms with Crippen LogP contribution in [0.25, 0.3) is 0 Å². The molecule has 1 atom stereocenters. The Morgan fingerprint density at radius 1 is 1.33 bits per heavy atom. The fourth-order valence-corrected chi connectivity index (χ4v) is 2.71. The van der Waals surface area contributed by atoms with Crippen LogP contribution in [0, 0.1) is 3.57 Å². The van der Waals surface area contributed by atoms with Gasteiger partial charge in [-0.3, -0.25) is 0 Å². The predicted octanol–water partition coefficient (Wildman–Crippen LogP) is 2.18. The Kier molecular flexibility index (Phi) is 5.32. The first-order valence-corrected chi connectivity index (χ1v) is 8.83. The van der Waals surface area contributed by atoms with Crippen molar-refractivity contribution in [3.05, 3.63) is 15.1 Å². The lowest BCUT2D eigenvalue weighted by Gasteiger charge is -2.14. The van der Waals surface area contributed by atoms with E-state index in [4.69, 9.17) is 0 Å². The number of nitrogens with zero attached hydrogens (tertiary/aromatic N) is 2. The first kappa shape index (κ1) is 15.6. The molecule has 0 amide bonds. The van der Waals surface area contributed by atoms with Gasteiger partial charge in [-0.2, -0.15) is 0 Å². The maximum atomic E-state index is 11.6. The number of sulfone groups is 1. The Morgan fingerprint density at radius 3 is 2.39 bits per heavy atom. The van der Waals surface area contributed by atoms with Gasteiger partial charge >= 0.3 is 0 Å². The van der Waals surface area contributed by atoms with Crippen LogP contribution >= 0.6 is 22.6 Å². The van der Waals surface area contributed by atoms with Gasteiger partial charge < -0.3 is 5.32 Å². The van der Waals surface area contributed by atoms with Crippen molar-refractivity contribution in [1.29, 1.82) is 0 Å². The monoisotopic (exact) mass is 383 g/mol. The minimum Gasteiger partial charge on any atom is -0.369 e. The van der Waals surface area contributed by atoms with Crippen molar-refractivity contribution in [2.75, 3.05) is 18.1 Å². The minimum absolute atomic E-state index is 0.366. The molecule has 0 fully saturated rings. The Morgan fingerprint density at radius 2 is 1.94 bits per heavy atom. The molecule has 0 bridgehead atoms. The molecule has 18 heavy (non-hydrogen) atoms. The van der Waals surface area contributed by atoms with E-state index in [0.29, 0.717) is 5.82 Å². The summed E-state index contributed by atoms with van der Waals surface area (Å²) in [6, 6.07) is 0. The fraction of sp³-hybridized carbons (Fsp3) is 0.636. The highest BCUT2D eigenvalue weighted by Crippen LogP contribution is 2.24. The van der Waals surface area contributed by atoms with Crippen LogP contribution in [0.3, 0.4) is 0 Å². The van der Waals surface area contributed by atoms with E-state index in [1.807, 2.05) is 13.8 Å². The molecule has 0 aliphatic rings. The highest BCUT2D eigenvalue weighted by atomic mass is 127. The summed E-state index contributed by atoms with van der Waals surface area (Å²) in [5.74, 6) is 1.08. The summed E-state index contributed by atoms with van der Waals surface area (Å²) < 4.78 is 24.1. The second-order valence-electron chi connectivity index (χ2n) is 4.05. The average Bonchev–Trinajstić information content (AvgIpc) is 2.30. The number of aryl methyl sites for hydroxylation is 1. The quantitative estimate of drug-likeness (QED) is 0.790. The number of rotatable bonds is 5. The number of hydrogen-bond donors (Lipinski definition) is 1. The summed E-state index contributed by atoms with van der Waals surface area (Å²) in [7, 11) is -3.18. The van der Waals surface area contributed by atoms with Gasteiger partial charge in [-0.15, -0.1) is 0 Å². The van der Waals surface area contributed by atoms with Gasteiger partial charge in [0.15, 0.2) is 9.84 Å². The first-order valence-electron chi connectivity index (χ1n) is 5.80. The fourth-order valence-electron chi connectivity index (χ4n) is 1.40. The molecule has 1 aromatic rings. The molecule has 0 saturated carbocycles. The molecule has 0 radical (unpaired) electrons. The Labute approximate surface area is 122 Å². The minimum atomic E-state index is -3.18. The SMILES string of the molecule is CCNc1nc(C(C)S(C)(=O)=O)nc(CC)c1I. The van der Waals surface area contributed by atoms with Gasteiger partial charge in [-0.25, -0.2) is 18.4 Å². The number of anilines is 1. The summed E-state index contributed by atoms with van der Waals surface area (Å²) in [5.41, 5.74) is 0.882. The third kappa shape index (κ3) is 3.53. The van der Waals surface area contributed by atoms with E-state index in [1.165, 1.54) is 6.26 Å². The van der Waals surface area contributed by atoms with Crippen LogP contribution in [0.5, 0.6) is 0 Å². The zero-order chi connectivity index (χ0) is 13.9. The lowest BCUT2D eigenvalue weighted by molar-refractivity contribution is 0.588. The molecule has 102 valence electrons. The van der Waals surface area contributed by atoms with Crippen molar-refractivity contribution in [1.82, 2.24) is 9.97 Å². The topological polar surface area (TPSA) is 72.0 Å². The molecule has 0 spiro atoms. The van der Waals surface area contributed by atoms with Crippen LogP contribution in [0.15, 0.2) is 0 Å². The maximum absolute atomic E-state index is 11.6. The first-order chi connectivity index (χ1) is 8.31. The van der Waals surface area contributed by atoms with E-state index >= 15 is 0 Å². The van der Waals surface area contributed by atoms with E-state index in [-0.39, 0.29) is 0 Å². The van der Waals surface area contributed by atoms with Gasteiger partial charge in [0, 0.05) is 12.8 Å². The predicted molar refractivity (Wildman–Crippen MR) is 81.5 cm³/mol. The van der Waals surface area contributed by atoms with Gasteiger partial charge in [0.05, 0.1) is 9.26 Å². The van der Waals surface area contributed by atoms with Gasteiger partial charge in [-0.1, -0.05) is 6.92 Å². The lowest BCUT2D eigenvalue weighted by atomic mass is 10.3. The van der Waals surface area contributed by atoms with Gasteiger partial charge in [0.1, 0.15) is 16.9 Å². The Hall–Kier alpha value is -0.440. The normalized spacial score (nSPS) is 13.4. The molecule has 0 aliphatic carbocycles. The Balaban J connectivity index is 3.34. The molecule has 1 heterocycles. The molecule has 0 aliphatic heterocycles. The molecule has 0 aromatic carbocycles. The highest BCUT2D eigenvalue weighted by molar-refractivity contribution is 14.1. The van der Waals surface area contributed by atoms with Crippen LogP contribution in [0.1, 0.15) is 37.5 Å². The van der Waals surface area contributed by atoms with Crippen molar-refractivity contribution in [3.8, 4) is 0 Å². The number of hydrogen-bond acceptors (Lipinski definition) is 5. The van der Waals surface area contributed by atoms with Gasteiger partial charge in [0.2, 0.25) is 0 Å². The zero-order valence-electron chi connectivity index (χ0n) is 11.0. The summed E-state index contributed by atoms with van der Waals surface area (Å²) in [5, 5.41) is 2.46. The smallest absolute Gasteiger partial charge is 0.157 e. The van der Waals surface area contributed by atoms with E-state index in [0.717, 1.165) is 28.0 Å². The van der Waals surface area contributed by atoms with E-state index in [2.05, 4.69) is 37.9 Å². The van der Waals surface area contributed by atoms with Crippen LogP contribution < -0.4 is 5.32 Å². The van der Waals surface area contributed by atoms with Crippen molar-refractivity contribution in [2.45, 2.75) is 32.4 Å². The molecule has 5 nitrogen and oxygen atoms in total. The second-order valence-corrected chi connectivity index (χ2v) is 7.49. The van der Waals surface area contributed by atoms with Crippen molar-refractivity contribution < 1.29 is 8.42 Å². The third-order valence-electron chi connectivity index (χ3n) is 2.62. The van der Waals surface area contributed by atoms with Crippen LogP contribution in [0.4, 0.5) is 5.82 Å². The molecule has 0 saturated heterocycles. The van der Waals surface area contributed by atoms with Crippen molar-refractivity contribution in [2.24, 2.45) is 0 Å². The van der Waals surface area contributed by atoms with Crippen LogP contribution in [0.2, 0.25) is 0 Å². The summed E-state index contributed by atoms with van der Waals surface area (Å²) in [4.78, 5) is 8.69. The lowest BCUT2D eigenvalue weighted by Crippen LogP contribution is -2.15. The van der Waals surface area contributed by atoms with E-state index in [1.54, 1.807) is 6.92 Å². The zero-order valence-corrected chi connectivity index (χ0v) is 14.0. The average molecular weight is 383 g/mol. The van der Waals surface area contributed by atoms with E-state index < -0.39 is 15.1 Å². The van der Waals surface area contributed by atoms with Gasteiger partial charge in [0.25, 0.3) is 0 Å². The van der Waals surface area contributed by atoms with Crippen molar-refractivity contribution in [3.63, 3.8) is 0 Å². The highest BCUT2D eigenvalue weighted by Gasteiger charge is 2.22. The summed E-state index contributed by atoms with van der Waals surface area (Å²) in [6.07, 6.45) is 1.96. The van der Waals surface area contributed by atoms with Crippen LogP contribution in [-0.4, -0.2) is 31.2 Å². The number of nitrogens with one attached hydrogen (secondary N) is 1. The van der Waals surface area contributed by atoms with E-state index in [9.17, 15) is 8.42 Å². The Bertz CT molecular complexity index is 531. The summed E-state index contributed by atoms with van der Waals surface area (Å²) >= 11 is 2.19. The standard InChI is InChI=1S/C11H18IN3O2S/c1-5-8-9(12)11(13-6-2)15-10(14-8)7(3)18(4,16)17/h7H,5-6H2,1-4H3,(H,13,14,15). The largest absolute Gasteiger partial charge is 0.369 e. The maximum Gasteiger partial charge on any atom is 0.157 e. The number of aromatic nitrogens is 2. The molecule has 1 unspecified atom stereocenters. The molecule has 7 heteroatoms. The van der Waals surface area contributed by atoms with Crippen molar-refractivity contribution >= 4 is 38.2 Å². The van der Waals surface area contributed by atoms with Gasteiger partial charge in [-0.05, 0) is 42.9 Å². The second kappa shape index (κ2) is 6.14. The molecule has 1 aromatic heterocycles. The molecular weight excluding hydrogens is 365 g/mol. The molecular formula is C11H18IN3O2S. The van der Waals surface area contributed by atoms with Crippen LogP contribution in [-0.2, 0) is 16.3 Å². The number of halogens is 1.